The van der Waals surface area contributed by atoms with Crippen LogP contribution in [0.5, 0.6) is 0 Å². The van der Waals surface area contributed by atoms with Gasteiger partial charge in [0.2, 0.25) is 0 Å². The molecule has 1 aromatic carbocycles. The molecule has 0 fully saturated rings. The van der Waals surface area contributed by atoms with Crippen LogP contribution in [-0.4, -0.2) is 16.5 Å². The van der Waals surface area contributed by atoms with Gasteiger partial charge in [-0.2, -0.15) is 0 Å². The van der Waals surface area contributed by atoms with E-state index >= 15 is 0 Å². The zero-order valence-corrected chi connectivity index (χ0v) is 11.7. The molecule has 0 aliphatic heterocycles. The van der Waals surface area contributed by atoms with Gasteiger partial charge in [0, 0.05) is 29.6 Å². The van der Waals surface area contributed by atoms with E-state index in [9.17, 15) is 0 Å². The van der Waals surface area contributed by atoms with Crippen molar-refractivity contribution in [3.63, 3.8) is 0 Å². The second kappa shape index (κ2) is 5.55. The predicted octanol–water partition coefficient (Wildman–Crippen LogP) is 3.52. The maximum Gasteiger partial charge on any atom is 0.107 e. The van der Waals surface area contributed by atoms with Gasteiger partial charge in [-0.15, -0.1) is 11.3 Å². The molecule has 0 amide bonds. The molecule has 1 unspecified atom stereocenters. The lowest BCUT2D eigenvalue weighted by molar-refractivity contribution is 0.543. The molecule has 3 aromatic rings. The number of rotatable bonds is 5. The molecule has 0 radical (unpaired) electrons. The summed E-state index contributed by atoms with van der Waals surface area (Å²) in [6, 6.07) is 8.89. The molecule has 2 aromatic heterocycles. The Balaban J connectivity index is 1.95. The number of aromatic amines is 1. The minimum absolute atomic E-state index is 0.312. The number of nitrogens with zero attached hydrogens (tertiary/aromatic N) is 1. The molecule has 0 aliphatic rings. The number of H-pyrrole nitrogens is 1. The smallest absolute Gasteiger partial charge is 0.107 e. The van der Waals surface area contributed by atoms with Crippen molar-refractivity contribution in [2.24, 2.45) is 0 Å². The van der Waals surface area contributed by atoms with E-state index in [2.05, 4.69) is 51.9 Å². The van der Waals surface area contributed by atoms with Crippen LogP contribution in [0.15, 0.2) is 42.0 Å². The van der Waals surface area contributed by atoms with Crippen molar-refractivity contribution in [1.82, 2.24) is 15.3 Å². The third kappa shape index (κ3) is 2.55. The highest BCUT2D eigenvalue weighted by atomic mass is 32.1. The molecule has 2 heterocycles. The van der Waals surface area contributed by atoms with Crippen LogP contribution in [0.3, 0.4) is 0 Å². The number of aromatic nitrogens is 2. The molecule has 0 aliphatic carbocycles. The first kappa shape index (κ1) is 12.4. The van der Waals surface area contributed by atoms with Gasteiger partial charge < -0.3 is 10.3 Å². The van der Waals surface area contributed by atoms with E-state index in [4.69, 9.17) is 0 Å². The number of thiophene rings is 1. The van der Waals surface area contributed by atoms with Crippen LogP contribution in [0.1, 0.15) is 24.4 Å². The maximum absolute atomic E-state index is 4.34. The van der Waals surface area contributed by atoms with Crippen molar-refractivity contribution >= 4 is 21.4 Å². The first-order valence-corrected chi connectivity index (χ1v) is 7.44. The average Bonchev–Trinajstić information content (AvgIpc) is 3.07. The van der Waals surface area contributed by atoms with Gasteiger partial charge in [0.15, 0.2) is 0 Å². The van der Waals surface area contributed by atoms with Crippen LogP contribution < -0.4 is 5.32 Å². The fourth-order valence-corrected chi connectivity index (χ4v) is 3.42. The van der Waals surface area contributed by atoms with Gasteiger partial charge in [0.1, 0.15) is 5.82 Å². The third-order valence-corrected chi connectivity index (χ3v) is 4.27. The normalized spacial score (nSPS) is 12.9. The van der Waals surface area contributed by atoms with Gasteiger partial charge in [-0.05, 0) is 28.9 Å². The van der Waals surface area contributed by atoms with Crippen molar-refractivity contribution in [3.05, 3.63) is 53.4 Å². The molecule has 19 heavy (non-hydrogen) atoms. The highest BCUT2D eigenvalue weighted by Gasteiger charge is 2.16. The molecule has 1 atom stereocenters. The second-order valence-corrected chi connectivity index (χ2v) is 5.45. The van der Waals surface area contributed by atoms with Gasteiger partial charge >= 0.3 is 0 Å². The number of fused-ring (bicyclic) bond motifs is 1. The van der Waals surface area contributed by atoms with Crippen molar-refractivity contribution < 1.29 is 0 Å². The summed E-state index contributed by atoms with van der Waals surface area (Å²) in [5, 5.41) is 7.18. The first-order valence-electron chi connectivity index (χ1n) is 6.56. The van der Waals surface area contributed by atoms with E-state index in [0.717, 1.165) is 18.8 Å². The number of hydrogen-bond donors (Lipinski definition) is 2. The topological polar surface area (TPSA) is 40.7 Å². The van der Waals surface area contributed by atoms with Gasteiger partial charge in [0.25, 0.3) is 0 Å². The Hall–Kier alpha value is -1.65. The summed E-state index contributed by atoms with van der Waals surface area (Å²) < 4.78 is 1.35. The van der Waals surface area contributed by atoms with Crippen molar-refractivity contribution in [2.45, 2.75) is 19.4 Å². The van der Waals surface area contributed by atoms with Gasteiger partial charge in [-0.3, -0.25) is 0 Å². The number of likely N-dealkylation sites (N-methyl/N-ethyl adjacent to an activating group) is 1. The van der Waals surface area contributed by atoms with Crippen LogP contribution in [-0.2, 0) is 6.42 Å². The van der Waals surface area contributed by atoms with Crippen molar-refractivity contribution in [1.29, 1.82) is 0 Å². The lowest BCUT2D eigenvalue weighted by atomic mass is 10.0. The van der Waals surface area contributed by atoms with E-state index in [1.807, 2.05) is 23.7 Å². The average molecular weight is 271 g/mol. The van der Waals surface area contributed by atoms with Crippen LogP contribution in [0.25, 0.3) is 10.1 Å². The van der Waals surface area contributed by atoms with E-state index in [1.165, 1.54) is 15.6 Å². The molecule has 0 bridgehead atoms. The Morgan fingerprint density at radius 2 is 2.26 bits per heavy atom. The van der Waals surface area contributed by atoms with E-state index in [0.29, 0.717) is 6.04 Å². The quantitative estimate of drug-likeness (QED) is 0.745. The molecule has 98 valence electrons. The van der Waals surface area contributed by atoms with Crippen molar-refractivity contribution in [3.8, 4) is 0 Å². The zero-order chi connectivity index (χ0) is 13.1. The summed E-state index contributed by atoms with van der Waals surface area (Å²) in [7, 11) is 0. The van der Waals surface area contributed by atoms with E-state index < -0.39 is 0 Å². The maximum atomic E-state index is 4.34. The van der Waals surface area contributed by atoms with Crippen molar-refractivity contribution in [2.75, 3.05) is 6.54 Å². The second-order valence-electron chi connectivity index (χ2n) is 4.54. The summed E-state index contributed by atoms with van der Waals surface area (Å²) in [6.45, 7) is 3.10. The monoisotopic (exact) mass is 271 g/mol. The highest BCUT2D eigenvalue weighted by Crippen LogP contribution is 2.31. The first-order chi connectivity index (χ1) is 9.38. The SMILES string of the molecule is CCNC(Cc1ncc[nH]1)c1csc2ccccc12. The molecule has 0 saturated carbocycles. The summed E-state index contributed by atoms with van der Waals surface area (Å²) in [5.41, 5.74) is 1.37. The van der Waals surface area contributed by atoms with Crippen LogP contribution in [0, 0.1) is 0 Å². The summed E-state index contributed by atoms with van der Waals surface area (Å²) in [4.78, 5) is 7.52. The minimum atomic E-state index is 0.312. The largest absolute Gasteiger partial charge is 0.349 e. The molecular formula is C15H17N3S. The summed E-state index contributed by atoms with van der Waals surface area (Å²) >= 11 is 1.81. The predicted molar refractivity (Wildman–Crippen MR) is 80.5 cm³/mol. The standard InChI is InChI=1S/C15H17N3S/c1-2-16-13(9-15-17-7-8-18-15)12-10-19-14-6-4-3-5-11(12)14/h3-8,10,13,16H,2,9H2,1H3,(H,17,18). The Morgan fingerprint density at radius 3 is 3.05 bits per heavy atom. The van der Waals surface area contributed by atoms with Gasteiger partial charge in [0.05, 0.1) is 0 Å². The molecule has 2 N–H and O–H groups in total. The number of benzene rings is 1. The minimum Gasteiger partial charge on any atom is -0.349 e. The fourth-order valence-electron chi connectivity index (χ4n) is 2.41. The molecule has 3 nitrogen and oxygen atoms in total. The van der Waals surface area contributed by atoms with E-state index in [-0.39, 0.29) is 0 Å². The summed E-state index contributed by atoms with van der Waals surface area (Å²) in [6.07, 6.45) is 4.58. The lowest BCUT2D eigenvalue weighted by Gasteiger charge is -2.16. The summed E-state index contributed by atoms with van der Waals surface area (Å²) in [5.74, 6) is 1.03. The molecular weight excluding hydrogens is 254 g/mol. The van der Waals surface area contributed by atoms with Crippen LogP contribution in [0.2, 0.25) is 0 Å². The van der Waals surface area contributed by atoms with Crippen LogP contribution >= 0.6 is 11.3 Å². The number of imidazole rings is 1. The zero-order valence-electron chi connectivity index (χ0n) is 10.9. The Labute approximate surface area is 116 Å². The van der Waals surface area contributed by atoms with E-state index in [1.54, 1.807) is 0 Å². The molecule has 4 heteroatoms. The Kier molecular flexibility index (Phi) is 3.62. The molecule has 0 saturated heterocycles. The number of hydrogen-bond acceptors (Lipinski definition) is 3. The highest BCUT2D eigenvalue weighted by molar-refractivity contribution is 7.17. The lowest BCUT2D eigenvalue weighted by Crippen LogP contribution is -2.23. The van der Waals surface area contributed by atoms with Gasteiger partial charge in [-0.25, -0.2) is 4.98 Å². The molecule has 0 spiro atoms. The fraction of sp³-hybridized carbons (Fsp3) is 0.267. The Bertz CT molecular complexity index is 642. The number of nitrogens with one attached hydrogen (secondary N) is 2. The molecule has 3 rings (SSSR count). The Morgan fingerprint density at radius 1 is 1.37 bits per heavy atom. The van der Waals surface area contributed by atoms with Gasteiger partial charge in [-0.1, -0.05) is 25.1 Å². The third-order valence-electron chi connectivity index (χ3n) is 3.29. The van der Waals surface area contributed by atoms with Crippen LogP contribution in [0.4, 0.5) is 0 Å².